The van der Waals surface area contributed by atoms with Gasteiger partial charge < -0.3 is 9.90 Å². The van der Waals surface area contributed by atoms with Gasteiger partial charge in [0.2, 0.25) is 5.78 Å². The van der Waals surface area contributed by atoms with Crippen LogP contribution in [0.3, 0.4) is 0 Å². The predicted molar refractivity (Wildman–Crippen MR) is 80.5 cm³/mol. The molecule has 0 amide bonds. The van der Waals surface area contributed by atoms with Crippen LogP contribution in [-0.2, 0) is 4.79 Å². The van der Waals surface area contributed by atoms with Crippen LogP contribution >= 0.6 is 11.6 Å². The van der Waals surface area contributed by atoms with Gasteiger partial charge in [-0.15, -0.1) is 11.6 Å². The molecule has 0 fully saturated rings. The monoisotopic (exact) mass is 320 g/mol. The topological polar surface area (TPSA) is 86.6 Å². The lowest BCUT2D eigenvalue weighted by molar-refractivity contribution is -0.307. The van der Waals surface area contributed by atoms with E-state index in [9.17, 15) is 19.5 Å². The van der Waals surface area contributed by atoms with Crippen molar-refractivity contribution in [3.05, 3.63) is 35.4 Å². The molecule has 2 atom stereocenters. The molecule has 0 heterocycles. The Morgan fingerprint density at radius 1 is 1.32 bits per heavy atom. The van der Waals surface area contributed by atoms with Gasteiger partial charge in [0, 0.05) is 11.1 Å². The molecule has 22 heavy (non-hydrogen) atoms. The molecule has 2 rings (SSSR count). The van der Waals surface area contributed by atoms with Crippen molar-refractivity contribution in [1.82, 2.24) is 0 Å². The first-order valence-electron chi connectivity index (χ1n) is 7.08. The van der Waals surface area contributed by atoms with Crippen molar-refractivity contribution in [2.75, 3.05) is 0 Å². The van der Waals surface area contributed by atoms with Crippen LogP contribution in [0.2, 0.25) is 0 Å². The number of carboxylic acid groups (broad SMARTS) is 1. The summed E-state index contributed by atoms with van der Waals surface area (Å²) in [4.78, 5) is 39.7. The summed E-state index contributed by atoms with van der Waals surface area (Å²) < 4.78 is 0. The minimum atomic E-state index is -1.37. The van der Waals surface area contributed by atoms with Gasteiger partial charge >= 0.3 is 0 Å². The van der Waals surface area contributed by atoms with Gasteiger partial charge in [-0.3, -0.25) is 14.6 Å². The molecular weight excluding hydrogens is 306 g/mol. The van der Waals surface area contributed by atoms with Gasteiger partial charge in [0.25, 0.3) is 0 Å². The van der Waals surface area contributed by atoms with Crippen LogP contribution < -0.4 is 5.11 Å². The van der Waals surface area contributed by atoms with Crippen molar-refractivity contribution in [2.24, 2.45) is 4.99 Å². The number of rotatable bonds is 5. The summed E-state index contributed by atoms with van der Waals surface area (Å²) in [5.41, 5.74) is 0.233. The zero-order valence-electron chi connectivity index (χ0n) is 12.0. The first-order chi connectivity index (χ1) is 10.5. The van der Waals surface area contributed by atoms with E-state index >= 15 is 0 Å². The number of hydrogen-bond acceptors (Lipinski definition) is 5. The third-order valence-corrected chi connectivity index (χ3v) is 3.94. The second-order valence-corrected chi connectivity index (χ2v) is 5.53. The smallest absolute Gasteiger partial charge is 0.209 e. The van der Waals surface area contributed by atoms with E-state index in [1.807, 2.05) is 6.92 Å². The molecule has 6 heteroatoms. The van der Waals surface area contributed by atoms with Crippen molar-refractivity contribution in [2.45, 2.75) is 37.6 Å². The number of carbonyl (C=O) groups excluding carboxylic acids is 3. The molecule has 0 radical (unpaired) electrons. The van der Waals surface area contributed by atoms with Crippen LogP contribution in [0.15, 0.2) is 29.3 Å². The number of halogens is 1. The Morgan fingerprint density at radius 2 is 1.95 bits per heavy atom. The number of Topliss-reactive ketones (excluding diaryl/α,β-unsaturated/α-hetero) is 2. The number of hydrogen-bond donors (Lipinski definition) is 0. The molecular formula is C16H15ClNO4-. The molecule has 0 saturated carbocycles. The number of ketones is 2. The lowest BCUT2D eigenvalue weighted by atomic mass is 9.87. The number of carbonyl (C=O) groups is 3. The molecule has 0 aromatic heterocycles. The number of carboxylic acids is 1. The highest BCUT2D eigenvalue weighted by molar-refractivity contribution is 6.64. The Balaban J connectivity index is 2.42. The van der Waals surface area contributed by atoms with E-state index in [0.29, 0.717) is 6.42 Å². The summed E-state index contributed by atoms with van der Waals surface area (Å²) in [5.74, 6) is -2.31. The molecule has 116 valence electrons. The molecule has 1 aliphatic rings. The van der Waals surface area contributed by atoms with Gasteiger partial charge in [-0.2, -0.15) is 0 Å². The maximum atomic E-state index is 12.4. The van der Waals surface area contributed by atoms with Crippen LogP contribution in [0.25, 0.3) is 0 Å². The fourth-order valence-electron chi connectivity index (χ4n) is 2.33. The molecule has 0 bridgehead atoms. The van der Waals surface area contributed by atoms with Gasteiger partial charge in [-0.1, -0.05) is 44.0 Å². The molecule has 0 spiro atoms. The van der Waals surface area contributed by atoms with Crippen LogP contribution in [0.4, 0.5) is 0 Å². The van der Waals surface area contributed by atoms with Crippen LogP contribution in [0.5, 0.6) is 0 Å². The number of unbranched alkanes of at least 4 members (excludes halogenated alkanes) is 1. The van der Waals surface area contributed by atoms with E-state index in [4.69, 9.17) is 11.6 Å². The van der Waals surface area contributed by atoms with E-state index in [-0.39, 0.29) is 23.3 Å². The summed E-state index contributed by atoms with van der Waals surface area (Å²) >= 11 is 6.02. The molecule has 1 aromatic rings. The second-order valence-electron chi connectivity index (χ2n) is 5.09. The quantitative estimate of drug-likeness (QED) is 0.768. The Morgan fingerprint density at radius 3 is 2.55 bits per heavy atom. The molecule has 0 aliphatic heterocycles. The number of fused-ring (bicyclic) bond motifs is 1. The predicted octanol–water partition coefficient (Wildman–Crippen LogP) is 1.42. The maximum Gasteiger partial charge on any atom is 0.209 e. The van der Waals surface area contributed by atoms with Crippen LogP contribution in [0, 0.1) is 0 Å². The highest BCUT2D eigenvalue weighted by Crippen LogP contribution is 2.24. The van der Waals surface area contributed by atoms with Crippen LogP contribution in [-0.4, -0.2) is 34.7 Å². The minimum absolute atomic E-state index is 0.204. The molecule has 1 aromatic carbocycles. The average molecular weight is 321 g/mol. The number of benzene rings is 1. The molecule has 1 unspecified atom stereocenters. The SMILES string of the molecule is CCCC[C@H](N=C1C(=O)c2ccccc2C(=O)C1Cl)C(=O)[O-]. The fourth-order valence-corrected chi connectivity index (χ4v) is 2.61. The van der Waals surface area contributed by atoms with Gasteiger partial charge in [-0.05, 0) is 6.42 Å². The van der Waals surface area contributed by atoms with E-state index < -0.39 is 29.0 Å². The number of aliphatic carboxylic acids is 1. The van der Waals surface area contributed by atoms with Gasteiger partial charge in [-0.25, -0.2) is 0 Å². The summed E-state index contributed by atoms with van der Waals surface area (Å²) in [6, 6.07) is 5.13. The number of nitrogens with zero attached hydrogens (tertiary/aromatic N) is 1. The van der Waals surface area contributed by atoms with Crippen molar-refractivity contribution < 1.29 is 19.5 Å². The third-order valence-electron chi connectivity index (χ3n) is 3.54. The molecule has 5 nitrogen and oxygen atoms in total. The largest absolute Gasteiger partial charge is 0.548 e. The number of aliphatic imine (C=N–C) groups is 1. The lowest BCUT2D eigenvalue weighted by Gasteiger charge is -2.22. The van der Waals surface area contributed by atoms with E-state index in [0.717, 1.165) is 6.42 Å². The van der Waals surface area contributed by atoms with Crippen molar-refractivity contribution in [1.29, 1.82) is 0 Å². The summed E-state index contributed by atoms with van der Waals surface area (Å²) in [5, 5.41) is 9.90. The maximum absolute atomic E-state index is 12.4. The highest BCUT2D eigenvalue weighted by atomic mass is 35.5. The Kier molecular flexibility index (Phi) is 5.08. The third kappa shape index (κ3) is 3.09. The Hall–Kier alpha value is -2.01. The van der Waals surface area contributed by atoms with Gasteiger partial charge in [0.15, 0.2) is 5.78 Å². The zero-order chi connectivity index (χ0) is 16.3. The van der Waals surface area contributed by atoms with Crippen molar-refractivity contribution >= 4 is 34.8 Å². The first-order valence-corrected chi connectivity index (χ1v) is 7.51. The minimum Gasteiger partial charge on any atom is -0.548 e. The summed E-state index contributed by atoms with van der Waals surface area (Å²) in [7, 11) is 0. The number of alkyl halides is 1. The van der Waals surface area contributed by atoms with Crippen molar-refractivity contribution in [3.63, 3.8) is 0 Å². The average Bonchev–Trinajstić information content (AvgIpc) is 2.52. The normalized spacial score (nSPS) is 20.8. The van der Waals surface area contributed by atoms with E-state index in [1.165, 1.54) is 12.1 Å². The Bertz CT molecular complexity index is 653. The standard InChI is InChI=1S/C16H16ClNO4/c1-2-3-8-11(16(21)22)18-13-12(17)14(19)9-6-4-5-7-10(9)15(13)20/h4-7,11-12H,2-3,8H2,1H3,(H,21,22)/p-1/t11-,12?/m0/s1. The van der Waals surface area contributed by atoms with E-state index in [1.54, 1.807) is 12.1 Å². The summed E-state index contributed by atoms with van der Waals surface area (Å²) in [6.07, 6.45) is 1.66. The second kappa shape index (κ2) is 6.83. The van der Waals surface area contributed by atoms with Gasteiger partial charge in [0.1, 0.15) is 11.1 Å². The van der Waals surface area contributed by atoms with Gasteiger partial charge in [0.05, 0.1) is 12.0 Å². The van der Waals surface area contributed by atoms with Crippen LogP contribution in [0.1, 0.15) is 46.9 Å². The molecule has 0 N–H and O–H groups in total. The lowest BCUT2D eigenvalue weighted by Crippen LogP contribution is -2.41. The zero-order valence-corrected chi connectivity index (χ0v) is 12.8. The molecule has 1 aliphatic carbocycles. The van der Waals surface area contributed by atoms with Crippen molar-refractivity contribution in [3.8, 4) is 0 Å². The molecule has 0 saturated heterocycles. The van der Waals surface area contributed by atoms with E-state index in [2.05, 4.69) is 4.99 Å². The first kappa shape index (κ1) is 16.4. The Labute approximate surface area is 133 Å². The highest BCUT2D eigenvalue weighted by Gasteiger charge is 2.37. The summed E-state index contributed by atoms with van der Waals surface area (Å²) in [6.45, 7) is 1.91. The fraction of sp³-hybridized carbons (Fsp3) is 0.375.